The van der Waals surface area contributed by atoms with Crippen LogP contribution in [0, 0.1) is 0 Å². The highest BCUT2D eigenvalue weighted by Crippen LogP contribution is 2.34. The first-order valence-corrected chi connectivity index (χ1v) is 9.82. The number of imidazole rings is 1. The van der Waals surface area contributed by atoms with E-state index in [0.717, 1.165) is 12.8 Å². The van der Waals surface area contributed by atoms with Gasteiger partial charge in [-0.25, -0.2) is 15.0 Å². The second-order valence-corrected chi connectivity index (χ2v) is 7.95. The van der Waals surface area contributed by atoms with Gasteiger partial charge in [0.25, 0.3) is 0 Å². The lowest BCUT2D eigenvalue weighted by Gasteiger charge is -2.34. The number of rotatable bonds is 6. The van der Waals surface area contributed by atoms with E-state index < -0.39 is 23.8 Å². The number of β-amino-alcohol motifs (C(OH)–C–C–N with tert-alkyl or cyclic N) is 1. The van der Waals surface area contributed by atoms with Gasteiger partial charge < -0.3 is 36.9 Å². The Hall–Kier alpha value is -2.34. The van der Waals surface area contributed by atoms with Crippen LogP contribution in [0.25, 0.3) is 11.2 Å². The molecule has 1 saturated heterocycles. The van der Waals surface area contributed by atoms with Gasteiger partial charge in [-0.1, -0.05) is 6.42 Å². The third kappa shape index (κ3) is 4.47. The molecule has 0 aliphatic carbocycles. The summed E-state index contributed by atoms with van der Waals surface area (Å²) in [4.78, 5) is 26.9. The van der Waals surface area contributed by atoms with Crippen LogP contribution in [0.2, 0.25) is 0 Å². The number of nitrogen functional groups attached to an aromatic ring is 1. The summed E-state index contributed by atoms with van der Waals surface area (Å²) in [5.41, 5.74) is 17.0. The molecule has 2 aromatic rings. The minimum atomic E-state index is -1.31. The molecule has 1 aliphatic rings. The van der Waals surface area contributed by atoms with Gasteiger partial charge in [-0.2, -0.15) is 0 Å². The molecule has 3 heterocycles. The van der Waals surface area contributed by atoms with Crippen molar-refractivity contribution >= 4 is 22.9 Å². The van der Waals surface area contributed by atoms with E-state index in [4.69, 9.17) is 17.2 Å². The van der Waals surface area contributed by atoms with Crippen molar-refractivity contribution in [3.8, 4) is 0 Å². The lowest BCUT2D eigenvalue weighted by molar-refractivity contribution is -0.134. The van der Waals surface area contributed by atoms with Crippen molar-refractivity contribution in [3.63, 3.8) is 0 Å². The van der Waals surface area contributed by atoms with Crippen molar-refractivity contribution in [2.75, 3.05) is 25.4 Å². The summed E-state index contributed by atoms with van der Waals surface area (Å²) in [5, 5.41) is 21.6. The molecule has 11 heteroatoms. The van der Waals surface area contributed by atoms with Gasteiger partial charge in [0, 0.05) is 19.5 Å². The highest BCUT2D eigenvalue weighted by atomic mass is 16.3. The van der Waals surface area contributed by atoms with E-state index in [0.29, 0.717) is 24.1 Å². The van der Waals surface area contributed by atoms with E-state index >= 15 is 0 Å². The molecule has 160 valence electrons. The summed E-state index contributed by atoms with van der Waals surface area (Å²) in [5.74, 6) is -0.0285. The van der Waals surface area contributed by atoms with E-state index in [-0.39, 0.29) is 31.2 Å². The first-order chi connectivity index (χ1) is 13.7. The molecule has 29 heavy (non-hydrogen) atoms. The summed E-state index contributed by atoms with van der Waals surface area (Å²) in [6.45, 7) is 2.43. The van der Waals surface area contributed by atoms with Crippen molar-refractivity contribution in [1.29, 1.82) is 0 Å². The molecule has 8 N–H and O–H groups in total. The van der Waals surface area contributed by atoms with Gasteiger partial charge in [-0.05, 0) is 26.3 Å². The highest BCUT2D eigenvalue weighted by molar-refractivity contribution is 5.82. The van der Waals surface area contributed by atoms with Crippen molar-refractivity contribution in [3.05, 3.63) is 12.7 Å². The van der Waals surface area contributed by atoms with Crippen LogP contribution in [-0.4, -0.2) is 77.9 Å². The molecular formula is C18H30N8O3. The van der Waals surface area contributed by atoms with Crippen molar-refractivity contribution in [2.45, 2.75) is 56.4 Å². The van der Waals surface area contributed by atoms with Gasteiger partial charge in [0.05, 0.1) is 30.1 Å². The van der Waals surface area contributed by atoms with Crippen LogP contribution >= 0.6 is 0 Å². The number of aliphatic hydroxyl groups is 2. The lowest BCUT2D eigenvalue weighted by atomic mass is 9.91. The molecule has 1 fully saturated rings. The van der Waals surface area contributed by atoms with Gasteiger partial charge in [-0.3, -0.25) is 4.79 Å². The summed E-state index contributed by atoms with van der Waals surface area (Å²) in [6, 6.07) is -1.28. The zero-order chi connectivity index (χ0) is 21.2. The number of unbranched alkanes of at least 4 members (excludes halogenated alkanes) is 1. The predicted molar refractivity (Wildman–Crippen MR) is 107 cm³/mol. The number of aromatic nitrogens is 4. The van der Waals surface area contributed by atoms with Crippen LogP contribution in [0.15, 0.2) is 12.7 Å². The number of nitrogens with two attached hydrogens (primary N) is 3. The van der Waals surface area contributed by atoms with Crippen LogP contribution in [0.5, 0.6) is 0 Å². The van der Waals surface area contributed by atoms with Crippen LogP contribution in [-0.2, 0) is 4.79 Å². The summed E-state index contributed by atoms with van der Waals surface area (Å²) < 4.78 is 1.69. The molecule has 1 amide bonds. The third-order valence-corrected chi connectivity index (χ3v) is 5.51. The fourth-order valence-corrected chi connectivity index (χ4v) is 3.94. The molecule has 2 aromatic heterocycles. The Morgan fingerprint density at radius 1 is 1.34 bits per heavy atom. The molecule has 3 rings (SSSR count). The number of hydrogen-bond acceptors (Lipinski definition) is 9. The summed E-state index contributed by atoms with van der Waals surface area (Å²) in [7, 11) is 0. The molecule has 0 bridgehead atoms. The summed E-state index contributed by atoms with van der Waals surface area (Å²) in [6.07, 6.45) is 4.12. The second-order valence-electron chi connectivity index (χ2n) is 7.95. The van der Waals surface area contributed by atoms with Gasteiger partial charge >= 0.3 is 0 Å². The maximum atomic E-state index is 12.9. The number of likely N-dealkylation sites (tertiary alicyclic amines) is 1. The summed E-state index contributed by atoms with van der Waals surface area (Å²) >= 11 is 0. The maximum absolute atomic E-state index is 12.9. The monoisotopic (exact) mass is 406 g/mol. The van der Waals surface area contributed by atoms with Gasteiger partial charge in [0.1, 0.15) is 11.8 Å². The van der Waals surface area contributed by atoms with Gasteiger partial charge in [-0.15, -0.1) is 0 Å². The molecule has 4 atom stereocenters. The van der Waals surface area contributed by atoms with E-state index in [2.05, 4.69) is 15.0 Å². The standard InChI is InChI=1S/C18H30N8O3/c1-18(29)6-11(27)7-25(17(28)12(20)4-2-3-5-19)8-13(18)26-10-24-14-15(21)22-9-23-16(14)26/h9-13,27,29H,2-8,19-20H2,1H3,(H2,21,22,23)/t11-,12+,13+,18+/m1/s1. The fraction of sp³-hybridized carbons (Fsp3) is 0.667. The zero-order valence-electron chi connectivity index (χ0n) is 16.6. The molecule has 0 saturated carbocycles. The quantitative estimate of drug-likeness (QED) is 0.366. The number of amides is 1. The average molecular weight is 406 g/mol. The Balaban J connectivity index is 1.90. The number of carbonyl (C=O) groups is 1. The first-order valence-electron chi connectivity index (χ1n) is 9.82. The molecule has 1 aliphatic heterocycles. The smallest absolute Gasteiger partial charge is 0.239 e. The number of carbonyl (C=O) groups excluding carboxylic acids is 1. The minimum absolute atomic E-state index is 0.0874. The number of anilines is 1. The van der Waals surface area contributed by atoms with Crippen LogP contribution in [0.1, 0.15) is 38.6 Å². The van der Waals surface area contributed by atoms with Crippen molar-refractivity contribution in [1.82, 2.24) is 24.4 Å². The number of hydrogen-bond donors (Lipinski definition) is 5. The molecule has 0 unspecified atom stereocenters. The van der Waals surface area contributed by atoms with E-state index in [1.54, 1.807) is 11.5 Å². The normalized spacial score (nSPS) is 26.4. The lowest BCUT2D eigenvalue weighted by Crippen LogP contribution is -2.48. The average Bonchev–Trinajstić information content (AvgIpc) is 3.04. The Morgan fingerprint density at radius 3 is 2.83 bits per heavy atom. The molecular weight excluding hydrogens is 376 g/mol. The van der Waals surface area contributed by atoms with E-state index in [1.807, 2.05) is 0 Å². The van der Waals surface area contributed by atoms with Gasteiger partial charge in [0.15, 0.2) is 11.5 Å². The number of aliphatic hydroxyl groups excluding tert-OH is 1. The van der Waals surface area contributed by atoms with Crippen LogP contribution < -0.4 is 17.2 Å². The Bertz CT molecular complexity index is 855. The zero-order valence-corrected chi connectivity index (χ0v) is 16.6. The second kappa shape index (κ2) is 8.57. The molecule has 0 aromatic carbocycles. The Morgan fingerprint density at radius 2 is 2.10 bits per heavy atom. The maximum Gasteiger partial charge on any atom is 0.239 e. The molecule has 0 radical (unpaired) electrons. The topological polar surface area (TPSA) is 182 Å². The van der Waals surface area contributed by atoms with Crippen LogP contribution in [0.4, 0.5) is 5.82 Å². The largest absolute Gasteiger partial charge is 0.391 e. The SMILES string of the molecule is C[C@]1(O)C[C@@H](O)CN(C(=O)[C@@H](N)CCCCN)C[C@@H]1n1cnc2c(N)ncnc21. The Labute approximate surface area is 168 Å². The third-order valence-electron chi connectivity index (χ3n) is 5.51. The Kier molecular flexibility index (Phi) is 6.32. The van der Waals surface area contributed by atoms with Crippen molar-refractivity contribution < 1.29 is 15.0 Å². The van der Waals surface area contributed by atoms with Crippen molar-refractivity contribution in [2.24, 2.45) is 11.5 Å². The highest BCUT2D eigenvalue weighted by Gasteiger charge is 2.42. The van der Waals surface area contributed by atoms with Crippen LogP contribution in [0.3, 0.4) is 0 Å². The van der Waals surface area contributed by atoms with E-state index in [9.17, 15) is 15.0 Å². The number of fused-ring (bicyclic) bond motifs is 1. The number of nitrogens with zero attached hydrogens (tertiary/aromatic N) is 5. The minimum Gasteiger partial charge on any atom is -0.391 e. The van der Waals surface area contributed by atoms with E-state index in [1.165, 1.54) is 17.6 Å². The molecule has 0 spiro atoms. The molecule has 11 nitrogen and oxygen atoms in total. The van der Waals surface area contributed by atoms with Gasteiger partial charge in [0.2, 0.25) is 5.91 Å². The fourth-order valence-electron chi connectivity index (χ4n) is 3.94. The first kappa shape index (κ1) is 21.4. The predicted octanol–water partition coefficient (Wildman–Crippen LogP) is -1.25.